The molecule has 1 atom stereocenters. The van der Waals surface area contributed by atoms with Gasteiger partial charge >= 0.3 is 0 Å². The van der Waals surface area contributed by atoms with E-state index in [-0.39, 0.29) is 5.91 Å². The van der Waals surface area contributed by atoms with Gasteiger partial charge in [-0.05, 0) is 24.2 Å². The van der Waals surface area contributed by atoms with Crippen molar-refractivity contribution in [3.63, 3.8) is 0 Å². The zero-order valence-electron chi connectivity index (χ0n) is 11.6. The second kappa shape index (κ2) is 6.17. The minimum atomic E-state index is -0.802. The van der Waals surface area contributed by atoms with Crippen LogP contribution in [0.25, 0.3) is 0 Å². The highest BCUT2D eigenvalue weighted by atomic mass is 19.1. The lowest BCUT2D eigenvalue weighted by molar-refractivity contribution is -0.132. The van der Waals surface area contributed by atoms with Crippen molar-refractivity contribution in [2.75, 3.05) is 20.1 Å². The summed E-state index contributed by atoms with van der Waals surface area (Å²) in [6.45, 7) is 3.54. The zero-order valence-corrected chi connectivity index (χ0v) is 11.6. The van der Waals surface area contributed by atoms with E-state index in [1.165, 1.54) is 17.0 Å². The number of ether oxygens (including phenoxy) is 1. The van der Waals surface area contributed by atoms with Crippen molar-refractivity contribution in [2.45, 2.75) is 26.0 Å². The van der Waals surface area contributed by atoms with E-state index in [1.54, 1.807) is 7.05 Å². The maximum Gasteiger partial charge on any atom is 0.263 e. The Kier molecular flexibility index (Phi) is 4.54. The van der Waals surface area contributed by atoms with Crippen LogP contribution in [-0.4, -0.2) is 37.0 Å². The lowest BCUT2D eigenvalue weighted by Crippen LogP contribution is -2.30. The number of amides is 1. The molecule has 0 spiro atoms. The molecule has 1 aromatic carbocycles. The third kappa shape index (κ3) is 3.07. The number of rotatable bonds is 5. The summed E-state index contributed by atoms with van der Waals surface area (Å²) in [4.78, 5) is 13.2. The number of hydrogen-bond donors (Lipinski definition) is 1. The number of carbonyl (C=O) groups excluding carboxylic acids is 1. The minimum Gasteiger partial charge on any atom is -0.474 e. The van der Waals surface area contributed by atoms with Crippen LogP contribution in [0.2, 0.25) is 0 Å². The third-order valence-electron chi connectivity index (χ3n) is 3.28. The summed E-state index contributed by atoms with van der Waals surface area (Å²) in [5.74, 6) is -2.28. The number of hydrogen-bond acceptors (Lipinski definition) is 3. The van der Waals surface area contributed by atoms with Crippen LogP contribution in [-0.2, 0) is 11.3 Å². The molecule has 1 saturated heterocycles. The summed E-state index contributed by atoms with van der Waals surface area (Å²) in [5.41, 5.74) is 0.504. The smallest absolute Gasteiger partial charge is 0.263 e. The Bertz CT molecular complexity index is 485. The van der Waals surface area contributed by atoms with E-state index in [1.807, 2.05) is 6.92 Å². The summed E-state index contributed by atoms with van der Waals surface area (Å²) in [7, 11) is 1.64. The van der Waals surface area contributed by atoms with E-state index in [2.05, 4.69) is 5.32 Å². The number of likely N-dealkylation sites (N-methyl/N-ethyl adjacent to an activating group) is 1. The van der Waals surface area contributed by atoms with Crippen molar-refractivity contribution < 1.29 is 18.3 Å². The summed E-state index contributed by atoms with van der Waals surface area (Å²) >= 11 is 0. The normalized spacial score (nSPS) is 18.7. The van der Waals surface area contributed by atoms with E-state index in [0.29, 0.717) is 31.6 Å². The Hall–Kier alpha value is -1.69. The summed E-state index contributed by atoms with van der Waals surface area (Å²) in [6.07, 6.45) is -0.364. The lowest BCUT2D eigenvalue weighted by atomic mass is 10.2. The Balaban J connectivity index is 2.14. The largest absolute Gasteiger partial charge is 0.474 e. The first-order chi connectivity index (χ1) is 9.52. The first-order valence-corrected chi connectivity index (χ1v) is 6.63. The summed E-state index contributed by atoms with van der Waals surface area (Å²) in [5, 5.41) is 2.99. The van der Waals surface area contributed by atoms with Crippen molar-refractivity contribution in [3.05, 3.63) is 29.3 Å². The molecule has 0 bridgehead atoms. The van der Waals surface area contributed by atoms with Gasteiger partial charge in [0.05, 0.1) is 0 Å². The van der Waals surface area contributed by atoms with Gasteiger partial charge in [-0.15, -0.1) is 0 Å². The Morgan fingerprint density at radius 2 is 2.05 bits per heavy atom. The summed E-state index contributed by atoms with van der Waals surface area (Å²) in [6, 6.07) is 2.45. The van der Waals surface area contributed by atoms with E-state index in [9.17, 15) is 13.6 Å². The molecule has 1 fully saturated rings. The molecule has 1 N–H and O–H groups in total. The SMILES string of the molecule is CCNCc1cc(F)c(OC2CCN(C)C2=O)c(F)c1. The molecule has 20 heavy (non-hydrogen) atoms. The van der Waals surface area contributed by atoms with Crippen LogP contribution < -0.4 is 10.1 Å². The number of halogens is 2. The van der Waals surface area contributed by atoms with Crippen LogP contribution in [0.15, 0.2) is 12.1 Å². The third-order valence-corrected chi connectivity index (χ3v) is 3.28. The van der Waals surface area contributed by atoms with Gasteiger partial charge in [-0.1, -0.05) is 6.92 Å². The van der Waals surface area contributed by atoms with Crippen molar-refractivity contribution >= 4 is 5.91 Å². The molecule has 6 heteroatoms. The van der Waals surface area contributed by atoms with Crippen LogP contribution in [0.4, 0.5) is 8.78 Å². The van der Waals surface area contributed by atoms with Gasteiger partial charge in [-0.3, -0.25) is 4.79 Å². The van der Waals surface area contributed by atoms with Gasteiger partial charge in [0.15, 0.2) is 23.5 Å². The molecule has 4 nitrogen and oxygen atoms in total. The highest BCUT2D eigenvalue weighted by Crippen LogP contribution is 2.26. The van der Waals surface area contributed by atoms with Gasteiger partial charge in [-0.2, -0.15) is 0 Å². The predicted octanol–water partition coefficient (Wildman–Crippen LogP) is 1.68. The monoisotopic (exact) mass is 284 g/mol. The fourth-order valence-corrected chi connectivity index (χ4v) is 2.14. The van der Waals surface area contributed by atoms with Crippen molar-refractivity contribution in [2.24, 2.45) is 0 Å². The lowest BCUT2D eigenvalue weighted by Gasteiger charge is -2.15. The Morgan fingerprint density at radius 3 is 2.55 bits per heavy atom. The fourth-order valence-electron chi connectivity index (χ4n) is 2.14. The molecular formula is C14H18F2N2O2. The molecule has 0 aromatic heterocycles. The second-order valence-electron chi connectivity index (χ2n) is 4.82. The number of nitrogens with one attached hydrogen (secondary N) is 1. The predicted molar refractivity (Wildman–Crippen MR) is 70.4 cm³/mol. The molecule has 0 aliphatic carbocycles. The quantitative estimate of drug-likeness (QED) is 0.894. The molecule has 1 aliphatic heterocycles. The van der Waals surface area contributed by atoms with Crippen LogP contribution in [0.5, 0.6) is 5.75 Å². The molecule has 1 amide bonds. The molecule has 1 aromatic rings. The average Bonchev–Trinajstić information content (AvgIpc) is 2.72. The van der Waals surface area contributed by atoms with E-state index >= 15 is 0 Å². The molecule has 110 valence electrons. The topological polar surface area (TPSA) is 41.6 Å². The standard InChI is InChI=1S/C14H18F2N2O2/c1-3-17-8-9-6-10(15)13(11(16)7-9)20-12-4-5-18(2)14(12)19/h6-7,12,17H,3-5,8H2,1-2H3. The van der Waals surface area contributed by atoms with Gasteiger partial charge in [-0.25, -0.2) is 8.78 Å². The maximum atomic E-state index is 13.9. The van der Waals surface area contributed by atoms with Crippen LogP contribution >= 0.6 is 0 Å². The van der Waals surface area contributed by atoms with E-state index in [4.69, 9.17) is 4.74 Å². The molecule has 1 heterocycles. The number of nitrogens with zero attached hydrogens (tertiary/aromatic N) is 1. The Morgan fingerprint density at radius 1 is 1.40 bits per heavy atom. The first-order valence-electron chi connectivity index (χ1n) is 6.63. The van der Waals surface area contributed by atoms with Gasteiger partial charge in [0.1, 0.15) is 0 Å². The fraction of sp³-hybridized carbons (Fsp3) is 0.500. The van der Waals surface area contributed by atoms with Crippen molar-refractivity contribution in [3.8, 4) is 5.75 Å². The minimum absolute atomic E-state index is 0.250. The molecule has 0 radical (unpaired) electrons. The number of carbonyl (C=O) groups is 1. The molecule has 1 unspecified atom stereocenters. The molecule has 1 aliphatic rings. The maximum absolute atomic E-state index is 13.9. The van der Waals surface area contributed by atoms with Crippen LogP contribution in [0.1, 0.15) is 18.9 Å². The first kappa shape index (κ1) is 14.7. The molecule has 2 rings (SSSR count). The van der Waals surface area contributed by atoms with Crippen molar-refractivity contribution in [1.82, 2.24) is 10.2 Å². The zero-order chi connectivity index (χ0) is 14.7. The van der Waals surface area contributed by atoms with Gasteiger partial charge in [0.2, 0.25) is 0 Å². The van der Waals surface area contributed by atoms with E-state index in [0.717, 1.165) is 0 Å². The summed E-state index contributed by atoms with van der Waals surface area (Å²) < 4.78 is 33.0. The van der Waals surface area contributed by atoms with Gasteiger partial charge < -0.3 is 15.0 Å². The number of benzene rings is 1. The molecular weight excluding hydrogens is 266 g/mol. The van der Waals surface area contributed by atoms with Gasteiger partial charge in [0.25, 0.3) is 5.91 Å². The van der Waals surface area contributed by atoms with Crippen LogP contribution in [0, 0.1) is 11.6 Å². The average molecular weight is 284 g/mol. The highest BCUT2D eigenvalue weighted by Gasteiger charge is 2.32. The molecule has 0 saturated carbocycles. The van der Waals surface area contributed by atoms with Gasteiger partial charge in [0, 0.05) is 26.6 Å². The number of likely N-dealkylation sites (tertiary alicyclic amines) is 1. The van der Waals surface area contributed by atoms with E-state index < -0.39 is 23.5 Å². The van der Waals surface area contributed by atoms with Crippen LogP contribution in [0.3, 0.4) is 0 Å². The van der Waals surface area contributed by atoms with Crippen molar-refractivity contribution in [1.29, 1.82) is 0 Å². The second-order valence-corrected chi connectivity index (χ2v) is 4.82. The Labute approximate surface area is 116 Å². The highest BCUT2D eigenvalue weighted by molar-refractivity contribution is 5.83.